The highest BCUT2D eigenvalue weighted by Crippen LogP contribution is 2.44. The second-order valence-corrected chi connectivity index (χ2v) is 9.15. The zero-order chi connectivity index (χ0) is 20.0. The fourth-order valence-corrected chi connectivity index (χ4v) is 6.23. The molecule has 1 aliphatic carbocycles. The fourth-order valence-electron chi connectivity index (χ4n) is 4.83. The van der Waals surface area contributed by atoms with Gasteiger partial charge in [0.2, 0.25) is 5.91 Å². The Morgan fingerprint density at radius 1 is 1.17 bits per heavy atom. The van der Waals surface area contributed by atoms with Crippen molar-refractivity contribution in [3.63, 3.8) is 0 Å². The summed E-state index contributed by atoms with van der Waals surface area (Å²) in [6.45, 7) is 2.85. The Balaban J connectivity index is 1.72. The maximum atomic E-state index is 13.2. The molecule has 3 heterocycles. The van der Waals surface area contributed by atoms with E-state index in [0.717, 1.165) is 24.1 Å². The molecule has 2 aliphatic rings. The standard InChI is InChI=1S/C24H26N2O2S/c1-16-7-5-8-17(13-16)23-20-10-6-12-25(20)24-19(14-26(23)22(27)15-28-2)18-9-3-4-11-21(18)29-24/h5-8,10,12-13,23H,3-4,9,11,14-15H2,1-2H3/t23-/m0/s1. The van der Waals surface area contributed by atoms with Crippen LogP contribution in [0, 0.1) is 6.92 Å². The van der Waals surface area contributed by atoms with Crippen LogP contribution in [-0.2, 0) is 28.9 Å². The number of aromatic nitrogens is 1. The largest absolute Gasteiger partial charge is 0.375 e. The lowest BCUT2D eigenvalue weighted by Gasteiger charge is -2.31. The molecular formula is C24H26N2O2S. The van der Waals surface area contributed by atoms with Crippen molar-refractivity contribution >= 4 is 17.2 Å². The van der Waals surface area contributed by atoms with Crippen LogP contribution in [0.5, 0.6) is 0 Å². The summed E-state index contributed by atoms with van der Waals surface area (Å²) in [6, 6.07) is 12.7. The number of aryl methyl sites for hydroxylation is 2. The van der Waals surface area contributed by atoms with Gasteiger partial charge in [-0.1, -0.05) is 29.8 Å². The molecule has 1 aromatic carbocycles. The van der Waals surface area contributed by atoms with Gasteiger partial charge in [0.25, 0.3) is 0 Å². The van der Waals surface area contributed by atoms with Crippen LogP contribution in [-0.4, -0.2) is 29.1 Å². The Kier molecular flexibility index (Phi) is 4.80. The summed E-state index contributed by atoms with van der Waals surface area (Å²) in [4.78, 5) is 16.8. The average Bonchev–Trinajstić information content (AvgIpc) is 3.30. The quantitative estimate of drug-likeness (QED) is 0.626. The number of fused-ring (bicyclic) bond motifs is 5. The lowest BCUT2D eigenvalue weighted by Crippen LogP contribution is -2.37. The monoisotopic (exact) mass is 406 g/mol. The fraction of sp³-hybridized carbons (Fsp3) is 0.375. The van der Waals surface area contributed by atoms with Crippen LogP contribution < -0.4 is 0 Å². The number of benzene rings is 1. The van der Waals surface area contributed by atoms with Crippen LogP contribution in [0.4, 0.5) is 0 Å². The number of thiophene rings is 1. The molecule has 1 atom stereocenters. The predicted octanol–water partition coefficient (Wildman–Crippen LogP) is 4.80. The molecule has 0 radical (unpaired) electrons. The SMILES string of the molecule is COCC(=O)N1Cc2c(sc3c2CCCC3)-n2cccc2[C@@H]1c1cccc(C)c1. The van der Waals surface area contributed by atoms with Crippen molar-refractivity contribution in [3.8, 4) is 5.00 Å². The molecule has 3 aromatic rings. The topological polar surface area (TPSA) is 34.5 Å². The molecule has 5 rings (SSSR count). The highest BCUT2D eigenvalue weighted by Gasteiger charge is 2.35. The van der Waals surface area contributed by atoms with E-state index in [1.807, 2.05) is 16.2 Å². The highest BCUT2D eigenvalue weighted by atomic mass is 32.1. The minimum absolute atomic E-state index is 0.0374. The number of methoxy groups -OCH3 is 1. The normalized spacial score (nSPS) is 18.0. The summed E-state index contributed by atoms with van der Waals surface area (Å²) < 4.78 is 7.59. The predicted molar refractivity (Wildman–Crippen MR) is 116 cm³/mol. The third-order valence-electron chi connectivity index (χ3n) is 6.12. The maximum Gasteiger partial charge on any atom is 0.249 e. The minimum atomic E-state index is -0.119. The van der Waals surface area contributed by atoms with E-state index in [1.54, 1.807) is 7.11 Å². The molecule has 0 spiro atoms. The first-order chi connectivity index (χ1) is 14.2. The van der Waals surface area contributed by atoms with Crippen LogP contribution in [0.3, 0.4) is 0 Å². The van der Waals surface area contributed by atoms with Gasteiger partial charge in [-0.2, -0.15) is 0 Å². The van der Waals surface area contributed by atoms with Crippen molar-refractivity contribution in [1.82, 2.24) is 9.47 Å². The van der Waals surface area contributed by atoms with E-state index in [2.05, 4.69) is 54.1 Å². The summed E-state index contributed by atoms with van der Waals surface area (Å²) in [5, 5.41) is 1.29. The number of carbonyl (C=O) groups excluding carboxylic acids is 1. The Morgan fingerprint density at radius 3 is 2.86 bits per heavy atom. The van der Waals surface area contributed by atoms with Crippen molar-refractivity contribution in [2.45, 2.75) is 45.2 Å². The van der Waals surface area contributed by atoms with Crippen molar-refractivity contribution < 1.29 is 9.53 Å². The summed E-state index contributed by atoms with van der Waals surface area (Å²) in [5.41, 5.74) is 6.32. The van der Waals surface area contributed by atoms with Gasteiger partial charge in [-0.3, -0.25) is 4.79 Å². The number of hydrogen-bond donors (Lipinski definition) is 0. The molecule has 5 heteroatoms. The van der Waals surface area contributed by atoms with E-state index >= 15 is 0 Å². The third kappa shape index (κ3) is 3.13. The van der Waals surface area contributed by atoms with Gasteiger partial charge in [0.05, 0.1) is 11.7 Å². The van der Waals surface area contributed by atoms with Gasteiger partial charge in [-0.05, 0) is 55.9 Å². The summed E-state index contributed by atoms with van der Waals surface area (Å²) in [5.74, 6) is 0.0374. The van der Waals surface area contributed by atoms with Gasteiger partial charge in [0.15, 0.2) is 0 Å². The first-order valence-corrected chi connectivity index (χ1v) is 11.1. The number of nitrogens with zero attached hydrogens (tertiary/aromatic N) is 2. The Hall–Kier alpha value is -2.37. The molecule has 150 valence electrons. The van der Waals surface area contributed by atoms with E-state index in [-0.39, 0.29) is 18.6 Å². The van der Waals surface area contributed by atoms with Gasteiger partial charge in [0, 0.05) is 30.3 Å². The maximum absolute atomic E-state index is 13.2. The molecule has 29 heavy (non-hydrogen) atoms. The molecule has 0 unspecified atom stereocenters. The van der Waals surface area contributed by atoms with Gasteiger partial charge in [0.1, 0.15) is 11.6 Å². The number of ether oxygens (including phenoxy) is 1. The van der Waals surface area contributed by atoms with Crippen LogP contribution in [0.15, 0.2) is 42.6 Å². The molecule has 0 fully saturated rings. The van der Waals surface area contributed by atoms with Gasteiger partial charge >= 0.3 is 0 Å². The first-order valence-electron chi connectivity index (χ1n) is 10.3. The first kappa shape index (κ1) is 18.6. The van der Waals surface area contributed by atoms with E-state index in [0.29, 0.717) is 6.54 Å². The van der Waals surface area contributed by atoms with Crippen molar-refractivity contribution in [1.29, 1.82) is 0 Å². The van der Waals surface area contributed by atoms with Crippen LogP contribution >= 0.6 is 11.3 Å². The summed E-state index contributed by atoms with van der Waals surface area (Å²) in [6.07, 6.45) is 6.95. The average molecular weight is 407 g/mol. The molecule has 0 N–H and O–H groups in total. The number of carbonyl (C=O) groups is 1. The van der Waals surface area contributed by atoms with Gasteiger partial charge in [-0.25, -0.2) is 0 Å². The zero-order valence-corrected chi connectivity index (χ0v) is 17.8. The third-order valence-corrected chi connectivity index (χ3v) is 7.46. The second kappa shape index (κ2) is 7.47. The lowest BCUT2D eigenvalue weighted by molar-refractivity contribution is -0.137. The number of hydrogen-bond acceptors (Lipinski definition) is 3. The van der Waals surface area contributed by atoms with Crippen LogP contribution in [0.1, 0.15) is 51.7 Å². The number of amides is 1. The van der Waals surface area contributed by atoms with E-state index < -0.39 is 0 Å². The lowest BCUT2D eigenvalue weighted by atomic mass is 9.95. The van der Waals surface area contributed by atoms with Crippen molar-refractivity contribution in [2.75, 3.05) is 13.7 Å². The highest BCUT2D eigenvalue weighted by molar-refractivity contribution is 7.15. The Morgan fingerprint density at radius 2 is 2.03 bits per heavy atom. The molecule has 0 saturated carbocycles. The van der Waals surface area contributed by atoms with Crippen molar-refractivity contribution in [2.24, 2.45) is 0 Å². The summed E-state index contributed by atoms with van der Waals surface area (Å²) in [7, 11) is 1.60. The van der Waals surface area contributed by atoms with Crippen LogP contribution in [0.25, 0.3) is 5.00 Å². The molecule has 2 aromatic heterocycles. The molecule has 4 nitrogen and oxygen atoms in total. The van der Waals surface area contributed by atoms with Gasteiger partial charge in [-0.15, -0.1) is 11.3 Å². The molecular weight excluding hydrogens is 380 g/mol. The second-order valence-electron chi connectivity index (χ2n) is 8.07. The van der Waals surface area contributed by atoms with E-state index in [1.165, 1.54) is 39.4 Å². The van der Waals surface area contributed by atoms with E-state index in [4.69, 9.17) is 4.74 Å². The summed E-state index contributed by atoms with van der Waals surface area (Å²) >= 11 is 1.92. The molecule has 1 aliphatic heterocycles. The van der Waals surface area contributed by atoms with Crippen molar-refractivity contribution in [3.05, 3.63) is 75.4 Å². The molecule has 1 amide bonds. The van der Waals surface area contributed by atoms with Gasteiger partial charge < -0.3 is 14.2 Å². The minimum Gasteiger partial charge on any atom is -0.375 e. The Bertz CT molecular complexity index is 1060. The van der Waals surface area contributed by atoms with Crippen LogP contribution in [0.2, 0.25) is 0 Å². The molecule has 0 bridgehead atoms. The zero-order valence-electron chi connectivity index (χ0n) is 17.0. The smallest absolute Gasteiger partial charge is 0.249 e. The number of rotatable bonds is 3. The Labute approximate surface area is 175 Å². The molecule has 0 saturated heterocycles. The van der Waals surface area contributed by atoms with E-state index in [9.17, 15) is 4.79 Å².